The van der Waals surface area contributed by atoms with Crippen molar-refractivity contribution in [1.82, 2.24) is 4.90 Å². The van der Waals surface area contributed by atoms with Crippen molar-refractivity contribution in [3.8, 4) is 5.75 Å². The van der Waals surface area contributed by atoms with Gasteiger partial charge in [0.25, 0.3) is 5.91 Å². The lowest BCUT2D eigenvalue weighted by molar-refractivity contribution is -0.116. The van der Waals surface area contributed by atoms with Gasteiger partial charge in [0, 0.05) is 37.4 Å². The van der Waals surface area contributed by atoms with Gasteiger partial charge in [0.15, 0.2) is 0 Å². The first-order chi connectivity index (χ1) is 14.6. The molecule has 2 amide bonds. The van der Waals surface area contributed by atoms with Gasteiger partial charge < -0.3 is 19.7 Å². The highest BCUT2D eigenvalue weighted by Crippen LogP contribution is 2.20. The topological polar surface area (TPSA) is 67.9 Å². The average molecular weight is 411 g/mol. The van der Waals surface area contributed by atoms with Crippen LogP contribution in [0.1, 0.15) is 40.7 Å². The summed E-state index contributed by atoms with van der Waals surface area (Å²) >= 11 is 0. The predicted octanol–water partition coefficient (Wildman–Crippen LogP) is 3.83. The lowest BCUT2D eigenvalue weighted by atomic mass is 10.1. The molecule has 160 valence electrons. The molecule has 0 aromatic heterocycles. The van der Waals surface area contributed by atoms with Crippen LogP contribution in [-0.4, -0.2) is 50.1 Å². The van der Waals surface area contributed by atoms with Gasteiger partial charge in [0.1, 0.15) is 5.75 Å². The molecule has 3 rings (SSSR count). The number of hydrogen-bond acceptors (Lipinski definition) is 4. The van der Waals surface area contributed by atoms with Crippen LogP contribution in [-0.2, 0) is 16.0 Å². The normalized spacial score (nSPS) is 14.1. The van der Waals surface area contributed by atoms with Gasteiger partial charge in [0.2, 0.25) is 5.91 Å². The van der Waals surface area contributed by atoms with E-state index >= 15 is 0 Å². The summed E-state index contributed by atoms with van der Waals surface area (Å²) in [4.78, 5) is 27.1. The summed E-state index contributed by atoms with van der Waals surface area (Å²) in [5.41, 5.74) is 3.40. The summed E-state index contributed by atoms with van der Waals surface area (Å²) in [7, 11) is 1.65. The number of aryl methyl sites for hydroxylation is 2. The third-order valence-corrected chi connectivity index (χ3v) is 5.30. The minimum atomic E-state index is -0.0422. The largest absolute Gasteiger partial charge is 0.497 e. The number of nitrogens with one attached hydrogen (secondary N) is 1. The molecule has 0 radical (unpaired) electrons. The summed E-state index contributed by atoms with van der Waals surface area (Å²) in [6.45, 7) is 4.48. The molecule has 2 aromatic carbocycles. The Kier molecular flexibility index (Phi) is 7.85. The zero-order valence-corrected chi connectivity index (χ0v) is 17.8. The van der Waals surface area contributed by atoms with Gasteiger partial charge in [-0.05, 0) is 61.6 Å². The second-order valence-corrected chi connectivity index (χ2v) is 7.54. The SMILES string of the molecule is COc1ccc(CCCC(=O)Nc2cc(C(=O)N3CCCOCC3)ccc2C)cc1. The predicted molar refractivity (Wildman–Crippen MR) is 117 cm³/mol. The quantitative estimate of drug-likeness (QED) is 0.753. The number of methoxy groups -OCH3 is 1. The van der Waals surface area contributed by atoms with Crippen molar-refractivity contribution >= 4 is 17.5 Å². The van der Waals surface area contributed by atoms with Crippen LogP contribution in [0, 0.1) is 6.92 Å². The Labute approximate surface area is 178 Å². The highest BCUT2D eigenvalue weighted by molar-refractivity contribution is 5.97. The van der Waals surface area contributed by atoms with Crippen LogP contribution in [0.2, 0.25) is 0 Å². The fourth-order valence-corrected chi connectivity index (χ4v) is 3.48. The maximum atomic E-state index is 12.8. The molecule has 1 heterocycles. The van der Waals surface area contributed by atoms with Crippen molar-refractivity contribution in [3.05, 3.63) is 59.2 Å². The van der Waals surface area contributed by atoms with Gasteiger partial charge in [-0.2, -0.15) is 0 Å². The number of carbonyl (C=O) groups is 2. The number of anilines is 1. The molecule has 1 aliphatic rings. The third-order valence-electron chi connectivity index (χ3n) is 5.30. The number of carbonyl (C=O) groups excluding carboxylic acids is 2. The van der Waals surface area contributed by atoms with E-state index in [4.69, 9.17) is 9.47 Å². The summed E-state index contributed by atoms with van der Waals surface area (Å²) in [5.74, 6) is 0.768. The van der Waals surface area contributed by atoms with Gasteiger partial charge in [0.05, 0.1) is 13.7 Å². The van der Waals surface area contributed by atoms with Crippen molar-refractivity contribution in [2.24, 2.45) is 0 Å². The molecule has 0 aliphatic carbocycles. The molecular weight excluding hydrogens is 380 g/mol. The lowest BCUT2D eigenvalue weighted by Gasteiger charge is -2.20. The average Bonchev–Trinajstić information content (AvgIpc) is 3.05. The van der Waals surface area contributed by atoms with Gasteiger partial charge in [-0.25, -0.2) is 0 Å². The van der Waals surface area contributed by atoms with Crippen LogP contribution in [0.4, 0.5) is 5.69 Å². The Morgan fingerprint density at radius 3 is 2.67 bits per heavy atom. The van der Waals surface area contributed by atoms with Crippen LogP contribution in [0.5, 0.6) is 5.75 Å². The van der Waals surface area contributed by atoms with E-state index in [0.29, 0.717) is 44.0 Å². The highest BCUT2D eigenvalue weighted by atomic mass is 16.5. The summed E-state index contributed by atoms with van der Waals surface area (Å²) in [6, 6.07) is 13.4. The highest BCUT2D eigenvalue weighted by Gasteiger charge is 2.18. The van der Waals surface area contributed by atoms with Gasteiger partial charge in [-0.15, -0.1) is 0 Å². The molecule has 6 nitrogen and oxygen atoms in total. The van der Waals surface area contributed by atoms with Crippen molar-refractivity contribution in [2.75, 3.05) is 38.7 Å². The van der Waals surface area contributed by atoms with Gasteiger partial charge in [-0.3, -0.25) is 9.59 Å². The number of rotatable bonds is 7. The Hall–Kier alpha value is -2.86. The van der Waals surface area contributed by atoms with E-state index in [1.165, 1.54) is 5.56 Å². The number of ether oxygens (including phenoxy) is 2. The summed E-state index contributed by atoms with van der Waals surface area (Å²) < 4.78 is 10.6. The second-order valence-electron chi connectivity index (χ2n) is 7.54. The minimum absolute atomic E-state index is 0.0181. The molecule has 1 N–H and O–H groups in total. The molecular formula is C24H30N2O4. The van der Waals surface area contributed by atoms with E-state index in [2.05, 4.69) is 5.32 Å². The molecule has 0 atom stereocenters. The van der Waals surface area contributed by atoms with E-state index in [1.807, 2.05) is 48.2 Å². The molecule has 1 fully saturated rings. The maximum Gasteiger partial charge on any atom is 0.254 e. The molecule has 0 saturated carbocycles. The van der Waals surface area contributed by atoms with Crippen molar-refractivity contribution in [2.45, 2.75) is 32.6 Å². The molecule has 1 aliphatic heterocycles. The number of benzene rings is 2. The standard InChI is InChI=1S/C24H30N2O4/c1-18-7-10-20(24(28)26-13-4-15-30-16-14-26)17-22(18)25-23(27)6-3-5-19-8-11-21(29-2)12-9-19/h7-12,17H,3-6,13-16H2,1-2H3,(H,25,27). The smallest absolute Gasteiger partial charge is 0.254 e. The number of nitrogens with zero attached hydrogens (tertiary/aromatic N) is 1. The minimum Gasteiger partial charge on any atom is -0.497 e. The molecule has 2 aromatic rings. The van der Waals surface area contributed by atoms with Crippen molar-refractivity contribution in [1.29, 1.82) is 0 Å². The first-order valence-electron chi connectivity index (χ1n) is 10.5. The molecule has 6 heteroatoms. The molecule has 1 saturated heterocycles. The van der Waals surface area contributed by atoms with Crippen LogP contribution >= 0.6 is 0 Å². The van der Waals surface area contributed by atoms with Crippen LogP contribution in [0.15, 0.2) is 42.5 Å². The monoisotopic (exact) mass is 410 g/mol. The molecule has 0 bridgehead atoms. The molecule has 0 spiro atoms. The first kappa shape index (κ1) is 21.8. The van der Waals surface area contributed by atoms with Gasteiger partial charge in [-0.1, -0.05) is 18.2 Å². The maximum absolute atomic E-state index is 12.8. The number of hydrogen-bond donors (Lipinski definition) is 1. The fraction of sp³-hybridized carbons (Fsp3) is 0.417. The zero-order valence-electron chi connectivity index (χ0n) is 17.8. The molecule has 30 heavy (non-hydrogen) atoms. The Balaban J connectivity index is 1.55. The van der Waals surface area contributed by atoms with E-state index in [-0.39, 0.29) is 11.8 Å². The third kappa shape index (κ3) is 6.07. The van der Waals surface area contributed by atoms with Crippen LogP contribution in [0.3, 0.4) is 0 Å². The Bertz CT molecular complexity index is 856. The fourth-order valence-electron chi connectivity index (χ4n) is 3.48. The Morgan fingerprint density at radius 2 is 1.90 bits per heavy atom. The van der Waals surface area contributed by atoms with E-state index in [1.54, 1.807) is 13.2 Å². The van der Waals surface area contributed by atoms with E-state index in [9.17, 15) is 9.59 Å². The second kappa shape index (κ2) is 10.8. The summed E-state index contributed by atoms with van der Waals surface area (Å²) in [5, 5.41) is 2.97. The van der Waals surface area contributed by atoms with Crippen LogP contribution < -0.4 is 10.1 Å². The number of amides is 2. The van der Waals surface area contributed by atoms with Crippen LogP contribution in [0.25, 0.3) is 0 Å². The van der Waals surface area contributed by atoms with E-state index < -0.39 is 0 Å². The van der Waals surface area contributed by atoms with Gasteiger partial charge >= 0.3 is 0 Å². The lowest BCUT2D eigenvalue weighted by Crippen LogP contribution is -2.33. The van der Waals surface area contributed by atoms with Crippen molar-refractivity contribution < 1.29 is 19.1 Å². The zero-order chi connectivity index (χ0) is 21.3. The van der Waals surface area contributed by atoms with Crippen molar-refractivity contribution in [3.63, 3.8) is 0 Å². The van der Waals surface area contributed by atoms with E-state index in [0.717, 1.165) is 30.6 Å². The summed E-state index contributed by atoms with van der Waals surface area (Å²) in [6.07, 6.45) is 2.85. The first-order valence-corrected chi connectivity index (χ1v) is 10.5. The molecule has 0 unspecified atom stereocenters. The Morgan fingerprint density at radius 1 is 1.10 bits per heavy atom.